The molecule has 57 heavy (non-hydrogen) atoms. The molecule has 0 spiro atoms. The molecule has 13 nitrogen and oxygen atoms in total. The molecule has 0 unspecified atom stereocenters. The zero-order chi connectivity index (χ0) is 41.2. The zero-order valence-corrected chi connectivity index (χ0v) is 34.7. The molecular weight excluding hydrogens is 763 g/mol. The first-order chi connectivity index (χ1) is 27.0. The molecular formula is C42H56Cl2N10O3. The molecule has 1 heterocycles. The van der Waals surface area contributed by atoms with Gasteiger partial charge in [-0.15, -0.1) is 0 Å². The van der Waals surface area contributed by atoms with E-state index in [1.165, 1.54) is 5.57 Å². The van der Waals surface area contributed by atoms with Gasteiger partial charge in [-0.05, 0) is 128 Å². The number of nitrogens with zero attached hydrogens (tertiary/aromatic N) is 2. The average Bonchev–Trinajstić information content (AvgIpc) is 3.51. The second kappa shape index (κ2) is 17.2. The molecule has 0 radical (unpaired) electrons. The summed E-state index contributed by atoms with van der Waals surface area (Å²) >= 11 is 11.7. The van der Waals surface area contributed by atoms with Gasteiger partial charge in [-0.25, -0.2) is 0 Å². The van der Waals surface area contributed by atoms with Gasteiger partial charge in [-0.2, -0.15) is 0 Å². The highest BCUT2D eigenvalue weighted by Gasteiger charge is 2.63. The standard InChI is InChI=1S/C22H32O3.C20H24Cl2N10/c1-12-9-15-17-6-5-16(13(2)23)22(17,4)11-19(25)20(15)21(3)8-7-14(24)10-18(12)21;21-13-1-5-15(6-2-13)27-17(23)29-19(25)31-9-11-32(12-10-31)20(26)30-18(24)28-16-7-3-14(22)4-8-16/h10,12,15-17,19-20,25H,5-9,11H2,1-4H3;1-8H,9-12H2,(H4,23,25,27,29)(H4,24,26,28,30)/t12-,15-,16+,17-,19-,20+,21-,22+;/m0./s1. The number of benzene rings is 2. The largest absolute Gasteiger partial charge is 0.393 e. The van der Waals surface area contributed by atoms with Crippen molar-refractivity contribution in [2.75, 3.05) is 36.8 Å². The Morgan fingerprint density at radius 2 is 1.32 bits per heavy atom. The minimum Gasteiger partial charge on any atom is -0.393 e. The van der Waals surface area contributed by atoms with Crippen LogP contribution >= 0.6 is 23.2 Å². The van der Waals surface area contributed by atoms with E-state index in [0.29, 0.717) is 77.6 Å². The Morgan fingerprint density at radius 1 is 0.825 bits per heavy atom. The van der Waals surface area contributed by atoms with Crippen molar-refractivity contribution >= 4 is 70.0 Å². The van der Waals surface area contributed by atoms with Crippen LogP contribution in [0.25, 0.3) is 0 Å². The third kappa shape index (κ3) is 9.16. The molecule has 3 saturated carbocycles. The number of fused-ring (bicyclic) bond motifs is 5. The molecule has 4 fully saturated rings. The number of allylic oxidation sites excluding steroid dienone is 1. The lowest BCUT2D eigenvalue weighted by Gasteiger charge is -2.61. The first kappa shape index (κ1) is 42.2. The van der Waals surface area contributed by atoms with Gasteiger partial charge in [0.2, 0.25) is 0 Å². The highest BCUT2D eigenvalue weighted by molar-refractivity contribution is 6.31. The van der Waals surface area contributed by atoms with Gasteiger partial charge in [-0.1, -0.05) is 49.5 Å². The predicted octanol–water partition coefficient (Wildman–Crippen LogP) is 6.99. The Bertz CT molecular complexity index is 1830. The maximum Gasteiger partial charge on any atom is 0.199 e. The van der Waals surface area contributed by atoms with Gasteiger partial charge in [0.1, 0.15) is 5.78 Å². The van der Waals surface area contributed by atoms with E-state index in [-0.39, 0.29) is 58.4 Å². The van der Waals surface area contributed by atoms with Gasteiger partial charge in [0.25, 0.3) is 0 Å². The molecule has 5 aliphatic rings. The van der Waals surface area contributed by atoms with E-state index in [9.17, 15) is 14.7 Å². The summed E-state index contributed by atoms with van der Waals surface area (Å²) in [6.45, 7) is 10.6. The first-order valence-electron chi connectivity index (χ1n) is 19.8. The van der Waals surface area contributed by atoms with Gasteiger partial charge in [0.05, 0.1) is 6.10 Å². The number of guanidine groups is 4. The van der Waals surface area contributed by atoms with Crippen LogP contribution in [0.2, 0.25) is 10.0 Å². The van der Waals surface area contributed by atoms with Crippen molar-refractivity contribution in [1.29, 1.82) is 21.6 Å². The predicted molar refractivity (Wildman–Crippen MR) is 227 cm³/mol. The summed E-state index contributed by atoms with van der Waals surface area (Å²) in [6, 6.07) is 13.9. The molecule has 2 aromatic rings. The molecule has 1 saturated heterocycles. The van der Waals surface area contributed by atoms with E-state index >= 15 is 0 Å². The highest BCUT2D eigenvalue weighted by Crippen LogP contribution is 2.67. The number of halogens is 2. The second-order valence-corrected chi connectivity index (χ2v) is 17.7. The molecule has 0 amide bonds. The topological polar surface area (TPSA) is 204 Å². The number of Topliss-reactive ketones (excluding diaryl/α,β-unsaturated/α-hetero) is 1. The third-order valence-electron chi connectivity index (χ3n) is 13.3. The number of hydrogen-bond acceptors (Lipinski definition) is 7. The number of carbonyl (C=O) groups is 2. The molecule has 15 heteroatoms. The fourth-order valence-corrected chi connectivity index (χ4v) is 11.0. The smallest absolute Gasteiger partial charge is 0.199 e. The SMILES string of the molecule is CC(=O)[C@H]1CC[C@H]2[C@@H]3C[C@H](C)C4=CC(=O)CC[C@]4(C)[C@H]3[C@@H](O)C[C@]12C.N=C(NC(=N)N1CCN(C(=N)NC(=N)Nc2ccc(Cl)cc2)CC1)Nc1ccc(Cl)cc1. The average molecular weight is 820 g/mol. The van der Waals surface area contributed by atoms with Crippen LogP contribution in [-0.2, 0) is 9.59 Å². The number of nitrogens with one attached hydrogen (secondary N) is 8. The van der Waals surface area contributed by atoms with Gasteiger partial charge in [0, 0.05) is 59.9 Å². The Balaban J connectivity index is 0.000000198. The molecule has 7 rings (SSSR count). The molecule has 0 aromatic heterocycles. The number of carbonyl (C=O) groups excluding carboxylic acids is 2. The molecule has 2 aromatic carbocycles. The Labute approximate surface area is 345 Å². The third-order valence-corrected chi connectivity index (χ3v) is 13.8. The van der Waals surface area contributed by atoms with Crippen LogP contribution in [0.15, 0.2) is 60.2 Å². The summed E-state index contributed by atoms with van der Waals surface area (Å²) in [6.07, 6.45) is 6.93. The quantitative estimate of drug-likeness (QED) is 0.115. The van der Waals surface area contributed by atoms with Gasteiger partial charge < -0.3 is 25.5 Å². The van der Waals surface area contributed by atoms with Crippen LogP contribution in [0.1, 0.15) is 66.2 Å². The van der Waals surface area contributed by atoms with Crippen molar-refractivity contribution in [3.8, 4) is 0 Å². The van der Waals surface area contributed by atoms with Gasteiger partial charge in [-0.3, -0.25) is 41.9 Å². The van der Waals surface area contributed by atoms with Crippen LogP contribution in [0, 0.1) is 62.1 Å². The van der Waals surface area contributed by atoms with Gasteiger partial charge >= 0.3 is 0 Å². The van der Waals surface area contributed by atoms with Crippen LogP contribution in [0.3, 0.4) is 0 Å². The van der Waals surface area contributed by atoms with Crippen molar-refractivity contribution in [2.45, 2.75) is 72.3 Å². The van der Waals surface area contributed by atoms with Gasteiger partial charge in [0.15, 0.2) is 29.6 Å². The van der Waals surface area contributed by atoms with Crippen molar-refractivity contribution < 1.29 is 14.7 Å². The Hall–Kier alpha value is -4.46. The van der Waals surface area contributed by atoms with Crippen LogP contribution < -0.4 is 21.3 Å². The van der Waals surface area contributed by atoms with Crippen molar-refractivity contribution in [2.24, 2.45) is 40.4 Å². The Kier molecular flexibility index (Phi) is 12.7. The van der Waals surface area contributed by atoms with Crippen molar-refractivity contribution in [1.82, 2.24) is 20.4 Å². The maximum atomic E-state index is 12.2. The van der Waals surface area contributed by atoms with Crippen molar-refractivity contribution in [3.63, 3.8) is 0 Å². The zero-order valence-electron chi connectivity index (χ0n) is 33.1. The monoisotopic (exact) mass is 818 g/mol. The molecule has 8 atom stereocenters. The summed E-state index contributed by atoms with van der Waals surface area (Å²) in [7, 11) is 0. The fraction of sp³-hybridized carbons (Fsp3) is 0.524. The van der Waals surface area contributed by atoms with Crippen LogP contribution in [-0.4, -0.2) is 82.6 Å². The lowest BCUT2D eigenvalue weighted by molar-refractivity contribution is -0.147. The molecule has 306 valence electrons. The first-order valence-corrected chi connectivity index (χ1v) is 20.6. The fourth-order valence-electron chi connectivity index (χ4n) is 10.8. The van der Waals surface area contributed by atoms with E-state index in [0.717, 1.165) is 32.1 Å². The summed E-state index contributed by atoms with van der Waals surface area (Å²) in [5, 5.41) is 56.1. The number of rotatable bonds is 3. The number of anilines is 2. The lowest BCUT2D eigenvalue weighted by Crippen LogP contribution is -2.58. The summed E-state index contributed by atoms with van der Waals surface area (Å²) in [5.41, 5.74) is 2.57. The highest BCUT2D eigenvalue weighted by atomic mass is 35.5. The molecule has 1 aliphatic heterocycles. The Morgan fingerprint density at radius 3 is 1.79 bits per heavy atom. The molecule has 0 bridgehead atoms. The van der Waals surface area contributed by atoms with Crippen molar-refractivity contribution in [3.05, 3.63) is 70.2 Å². The number of aliphatic hydroxyl groups excluding tert-OH is 1. The number of piperazine rings is 1. The number of aliphatic hydroxyl groups is 1. The summed E-state index contributed by atoms with van der Waals surface area (Å²) in [5.74, 6) is 2.50. The lowest BCUT2D eigenvalue weighted by atomic mass is 9.44. The normalized spacial score (nSPS) is 30.2. The number of hydrogen-bond donors (Lipinski definition) is 9. The van der Waals surface area contributed by atoms with E-state index in [1.54, 1.807) is 65.3 Å². The minimum atomic E-state index is -0.361. The minimum absolute atomic E-state index is 0.0177. The molecule has 4 aliphatic carbocycles. The summed E-state index contributed by atoms with van der Waals surface area (Å²) < 4.78 is 0. The number of ketones is 2. The second-order valence-electron chi connectivity index (χ2n) is 16.9. The van der Waals surface area contributed by atoms with Crippen LogP contribution in [0.5, 0.6) is 0 Å². The van der Waals surface area contributed by atoms with E-state index < -0.39 is 0 Å². The summed E-state index contributed by atoms with van der Waals surface area (Å²) in [4.78, 5) is 27.8. The van der Waals surface area contributed by atoms with E-state index in [4.69, 9.17) is 44.8 Å². The van der Waals surface area contributed by atoms with E-state index in [1.807, 2.05) is 6.08 Å². The van der Waals surface area contributed by atoms with Crippen LogP contribution in [0.4, 0.5) is 11.4 Å². The maximum absolute atomic E-state index is 12.2. The molecule has 9 N–H and O–H groups in total. The van der Waals surface area contributed by atoms with E-state index in [2.05, 4.69) is 42.0 Å².